The van der Waals surface area contributed by atoms with Crippen molar-refractivity contribution in [2.45, 2.75) is 25.6 Å². The van der Waals surface area contributed by atoms with Crippen molar-refractivity contribution in [3.8, 4) is 0 Å². The quantitative estimate of drug-likeness (QED) is 0.929. The Morgan fingerprint density at radius 3 is 2.48 bits per heavy atom. The number of hydrogen-bond acceptors (Lipinski definition) is 3. The molecule has 1 aliphatic heterocycles. The van der Waals surface area contributed by atoms with Crippen molar-refractivity contribution >= 4 is 5.69 Å². The fourth-order valence-corrected chi connectivity index (χ4v) is 2.82. The van der Waals surface area contributed by atoms with Crippen molar-refractivity contribution in [1.29, 1.82) is 0 Å². The minimum Gasteiger partial charge on any atom is -0.384 e. The second-order valence-corrected chi connectivity index (χ2v) is 5.43. The first-order valence-corrected chi connectivity index (χ1v) is 7.09. The van der Waals surface area contributed by atoms with Crippen molar-refractivity contribution in [3.63, 3.8) is 0 Å². The van der Waals surface area contributed by atoms with Gasteiger partial charge in [0.05, 0.1) is 5.56 Å². The van der Waals surface area contributed by atoms with E-state index in [0.717, 1.165) is 44.3 Å². The fraction of sp³-hybridized carbons (Fsp3) is 0.600. The normalized spacial score (nSPS) is 17.3. The number of ether oxygens (including phenoxy) is 1. The number of alkyl halides is 3. The minimum atomic E-state index is -4.35. The Hall–Kier alpha value is -1.27. The minimum absolute atomic E-state index is 0.108. The Bertz CT molecular complexity index is 468. The van der Waals surface area contributed by atoms with E-state index >= 15 is 0 Å². The van der Waals surface area contributed by atoms with Crippen molar-refractivity contribution < 1.29 is 17.9 Å². The lowest BCUT2D eigenvalue weighted by Gasteiger charge is -2.33. The van der Waals surface area contributed by atoms with E-state index < -0.39 is 11.7 Å². The Morgan fingerprint density at radius 2 is 1.95 bits per heavy atom. The number of anilines is 1. The van der Waals surface area contributed by atoms with Gasteiger partial charge in [-0.05, 0) is 42.5 Å². The highest BCUT2D eigenvalue weighted by atomic mass is 19.4. The average molecular weight is 302 g/mol. The summed E-state index contributed by atoms with van der Waals surface area (Å²) in [6.45, 7) is 2.31. The molecule has 2 rings (SSSR count). The highest BCUT2D eigenvalue weighted by molar-refractivity contribution is 5.52. The summed E-state index contributed by atoms with van der Waals surface area (Å²) in [5.74, 6) is 0.537. The summed E-state index contributed by atoms with van der Waals surface area (Å²) in [7, 11) is 1.69. The molecule has 1 fully saturated rings. The van der Waals surface area contributed by atoms with Gasteiger partial charge < -0.3 is 15.4 Å². The fourth-order valence-electron chi connectivity index (χ4n) is 2.82. The molecule has 0 spiro atoms. The van der Waals surface area contributed by atoms with Gasteiger partial charge in [0.25, 0.3) is 0 Å². The second-order valence-electron chi connectivity index (χ2n) is 5.43. The van der Waals surface area contributed by atoms with E-state index in [-0.39, 0.29) is 12.1 Å². The van der Waals surface area contributed by atoms with Gasteiger partial charge in [-0.3, -0.25) is 0 Å². The van der Waals surface area contributed by atoms with Crippen LogP contribution in [0.2, 0.25) is 0 Å². The smallest absolute Gasteiger partial charge is 0.384 e. The Kier molecular flexibility index (Phi) is 5.11. The number of piperidine rings is 1. The number of benzene rings is 1. The SMILES string of the molecule is COCC1CCN(c2ccc(C(F)(F)F)c(CN)c2)CC1. The van der Waals surface area contributed by atoms with E-state index in [0.29, 0.717) is 5.92 Å². The summed E-state index contributed by atoms with van der Waals surface area (Å²) in [5, 5.41) is 0. The molecule has 0 aliphatic carbocycles. The van der Waals surface area contributed by atoms with Crippen LogP contribution >= 0.6 is 0 Å². The maximum absolute atomic E-state index is 12.9. The maximum Gasteiger partial charge on any atom is 0.416 e. The molecule has 3 nitrogen and oxygen atoms in total. The molecule has 1 heterocycles. The first-order chi connectivity index (χ1) is 9.95. The van der Waals surface area contributed by atoms with E-state index in [1.165, 1.54) is 0 Å². The molecule has 0 radical (unpaired) electrons. The summed E-state index contributed by atoms with van der Waals surface area (Å²) in [4.78, 5) is 2.12. The van der Waals surface area contributed by atoms with Crippen LogP contribution in [-0.2, 0) is 17.5 Å². The van der Waals surface area contributed by atoms with Crippen molar-refractivity contribution in [2.75, 3.05) is 31.7 Å². The van der Waals surface area contributed by atoms with Gasteiger partial charge in [-0.2, -0.15) is 13.2 Å². The molecule has 1 aliphatic rings. The summed E-state index contributed by atoms with van der Waals surface area (Å²) in [6, 6.07) is 4.25. The van der Waals surface area contributed by atoms with Crippen LogP contribution in [0, 0.1) is 5.92 Å². The zero-order valence-electron chi connectivity index (χ0n) is 12.1. The van der Waals surface area contributed by atoms with Crippen LogP contribution in [0.3, 0.4) is 0 Å². The third-order valence-electron chi connectivity index (χ3n) is 4.00. The number of nitrogens with two attached hydrogens (primary N) is 1. The van der Waals surface area contributed by atoms with Crippen LogP contribution in [0.25, 0.3) is 0 Å². The zero-order valence-corrected chi connectivity index (χ0v) is 12.1. The van der Waals surface area contributed by atoms with Crippen LogP contribution in [-0.4, -0.2) is 26.8 Å². The van der Waals surface area contributed by atoms with Gasteiger partial charge in [-0.25, -0.2) is 0 Å². The summed E-state index contributed by atoms with van der Waals surface area (Å²) in [5.41, 5.74) is 5.81. The molecular formula is C15H21F3N2O. The molecule has 0 bridgehead atoms. The summed E-state index contributed by atoms with van der Waals surface area (Å²) < 4.78 is 43.7. The summed E-state index contributed by atoms with van der Waals surface area (Å²) >= 11 is 0. The molecule has 2 N–H and O–H groups in total. The largest absolute Gasteiger partial charge is 0.416 e. The van der Waals surface area contributed by atoms with Crippen LogP contribution < -0.4 is 10.6 Å². The van der Waals surface area contributed by atoms with Crippen LogP contribution in [0.1, 0.15) is 24.0 Å². The number of hydrogen-bond donors (Lipinski definition) is 1. The van der Waals surface area contributed by atoms with Crippen LogP contribution in [0.15, 0.2) is 18.2 Å². The molecule has 21 heavy (non-hydrogen) atoms. The maximum atomic E-state index is 12.9. The lowest BCUT2D eigenvalue weighted by molar-refractivity contribution is -0.138. The lowest BCUT2D eigenvalue weighted by Crippen LogP contribution is -2.35. The van der Waals surface area contributed by atoms with Gasteiger partial charge in [0, 0.05) is 39.0 Å². The molecule has 1 aromatic carbocycles. The van der Waals surface area contributed by atoms with Crippen molar-refractivity contribution in [2.24, 2.45) is 11.7 Å². The second kappa shape index (κ2) is 6.66. The van der Waals surface area contributed by atoms with Gasteiger partial charge in [0.1, 0.15) is 0 Å². The molecule has 0 aromatic heterocycles. The number of halogens is 3. The first-order valence-electron chi connectivity index (χ1n) is 7.09. The van der Waals surface area contributed by atoms with Crippen molar-refractivity contribution in [3.05, 3.63) is 29.3 Å². The molecular weight excluding hydrogens is 281 g/mol. The van der Waals surface area contributed by atoms with Gasteiger partial charge in [0.2, 0.25) is 0 Å². The third-order valence-corrected chi connectivity index (χ3v) is 4.00. The molecule has 1 saturated heterocycles. The molecule has 0 amide bonds. The number of rotatable bonds is 4. The van der Waals surface area contributed by atoms with E-state index in [4.69, 9.17) is 10.5 Å². The Labute approximate surface area is 122 Å². The Morgan fingerprint density at radius 1 is 1.29 bits per heavy atom. The van der Waals surface area contributed by atoms with Gasteiger partial charge >= 0.3 is 6.18 Å². The average Bonchev–Trinajstić information content (AvgIpc) is 2.47. The highest BCUT2D eigenvalue weighted by Gasteiger charge is 2.33. The van der Waals surface area contributed by atoms with Crippen molar-refractivity contribution in [1.82, 2.24) is 0 Å². The number of methoxy groups -OCH3 is 1. The topological polar surface area (TPSA) is 38.5 Å². The third kappa shape index (κ3) is 3.89. The van der Waals surface area contributed by atoms with E-state index in [1.54, 1.807) is 19.2 Å². The molecule has 0 atom stereocenters. The predicted octanol–water partition coefficient (Wildman–Crippen LogP) is 3.03. The van der Waals surface area contributed by atoms with E-state index in [9.17, 15) is 13.2 Å². The molecule has 118 valence electrons. The lowest BCUT2D eigenvalue weighted by atomic mass is 9.96. The molecule has 0 unspecified atom stereocenters. The first kappa shape index (κ1) is 16.1. The standard InChI is InChI=1S/C15H21F3N2O/c1-21-10-11-4-6-20(7-5-11)13-2-3-14(15(16,17)18)12(8-13)9-19/h2-3,8,11H,4-7,9-10,19H2,1H3. The summed E-state index contributed by atoms with van der Waals surface area (Å²) in [6.07, 6.45) is -2.36. The van der Waals surface area contributed by atoms with Gasteiger partial charge in [-0.15, -0.1) is 0 Å². The molecule has 1 aromatic rings. The molecule has 6 heteroatoms. The predicted molar refractivity (Wildman–Crippen MR) is 76.1 cm³/mol. The number of nitrogens with zero attached hydrogens (tertiary/aromatic N) is 1. The monoisotopic (exact) mass is 302 g/mol. The zero-order chi connectivity index (χ0) is 15.5. The van der Waals surface area contributed by atoms with Gasteiger partial charge in [-0.1, -0.05) is 0 Å². The Balaban J connectivity index is 2.12. The van der Waals surface area contributed by atoms with E-state index in [1.807, 2.05) is 0 Å². The van der Waals surface area contributed by atoms with Gasteiger partial charge in [0.15, 0.2) is 0 Å². The van der Waals surface area contributed by atoms with Crippen LogP contribution in [0.4, 0.5) is 18.9 Å². The van der Waals surface area contributed by atoms with E-state index in [2.05, 4.69) is 4.90 Å². The molecule has 0 saturated carbocycles. The highest BCUT2D eigenvalue weighted by Crippen LogP contribution is 2.34. The van der Waals surface area contributed by atoms with Crippen LogP contribution in [0.5, 0.6) is 0 Å².